The molecule has 3 unspecified atom stereocenters. The zero-order valence-corrected chi connectivity index (χ0v) is 16.4. The summed E-state index contributed by atoms with van der Waals surface area (Å²) in [5, 5.41) is 69.7. The molecule has 0 aromatic heterocycles. The van der Waals surface area contributed by atoms with Crippen LogP contribution in [0.5, 0.6) is 17.2 Å². The lowest BCUT2D eigenvalue weighted by Crippen LogP contribution is -2.59. The Balaban J connectivity index is 1.65. The van der Waals surface area contributed by atoms with E-state index in [1.165, 1.54) is 18.2 Å². The van der Waals surface area contributed by atoms with Gasteiger partial charge in [0.1, 0.15) is 30.2 Å². The Labute approximate surface area is 180 Å². The molecule has 0 spiro atoms. The molecule has 170 valence electrons. The van der Waals surface area contributed by atoms with Gasteiger partial charge >= 0.3 is 0 Å². The summed E-state index contributed by atoms with van der Waals surface area (Å²) in [5.41, 5.74) is -1.20. The minimum absolute atomic E-state index is 0.0756. The molecule has 1 saturated heterocycles. The topological polar surface area (TPSA) is 194 Å². The molecule has 0 bridgehead atoms. The number of phenolic OH excluding ortho intramolecular Hbond substituents is 3. The third kappa shape index (κ3) is 3.32. The SMILES string of the molecule is O=C1c2cccc(O)c2C(=O)c2c1cc(CO[C@H]1OC(CO)[C@H](O)C(O)C1O)c(O)c2O. The van der Waals surface area contributed by atoms with Gasteiger partial charge in [-0.3, -0.25) is 9.59 Å². The Bertz CT molecular complexity index is 1090. The van der Waals surface area contributed by atoms with Gasteiger partial charge in [-0.2, -0.15) is 0 Å². The number of fused-ring (bicyclic) bond motifs is 2. The van der Waals surface area contributed by atoms with E-state index in [4.69, 9.17) is 9.47 Å². The van der Waals surface area contributed by atoms with Gasteiger partial charge in [0.15, 0.2) is 23.6 Å². The van der Waals surface area contributed by atoms with Crippen molar-refractivity contribution in [3.63, 3.8) is 0 Å². The fourth-order valence-corrected chi connectivity index (χ4v) is 3.85. The van der Waals surface area contributed by atoms with Crippen molar-refractivity contribution in [2.45, 2.75) is 37.3 Å². The van der Waals surface area contributed by atoms with Crippen LogP contribution in [0.2, 0.25) is 0 Å². The lowest BCUT2D eigenvalue weighted by molar-refractivity contribution is -0.304. The number of benzene rings is 2. The highest BCUT2D eigenvalue weighted by molar-refractivity contribution is 6.30. The number of aliphatic hydroxyl groups is 4. The van der Waals surface area contributed by atoms with Crippen molar-refractivity contribution in [2.24, 2.45) is 0 Å². The molecule has 0 saturated carbocycles. The zero-order chi connectivity index (χ0) is 23.3. The van der Waals surface area contributed by atoms with E-state index in [2.05, 4.69) is 0 Å². The monoisotopic (exact) mass is 448 g/mol. The van der Waals surface area contributed by atoms with Gasteiger partial charge in [0.25, 0.3) is 0 Å². The molecule has 1 heterocycles. The van der Waals surface area contributed by atoms with Crippen molar-refractivity contribution in [3.05, 3.63) is 52.1 Å². The van der Waals surface area contributed by atoms with Crippen LogP contribution in [0.25, 0.3) is 0 Å². The Morgan fingerprint density at radius 1 is 0.875 bits per heavy atom. The normalized spacial score (nSPS) is 27.2. The molecule has 32 heavy (non-hydrogen) atoms. The van der Waals surface area contributed by atoms with Gasteiger partial charge < -0.3 is 45.2 Å². The van der Waals surface area contributed by atoms with E-state index < -0.39 is 78.3 Å². The van der Waals surface area contributed by atoms with Crippen LogP contribution in [0.1, 0.15) is 37.4 Å². The van der Waals surface area contributed by atoms with E-state index in [0.29, 0.717) is 0 Å². The molecule has 1 aliphatic carbocycles. The van der Waals surface area contributed by atoms with Crippen molar-refractivity contribution in [2.75, 3.05) is 6.61 Å². The predicted octanol–water partition coefficient (Wildman–Crippen LogP) is -1.10. The fourth-order valence-electron chi connectivity index (χ4n) is 3.85. The van der Waals surface area contributed by atoms with Crippen LogP contribution in [0, 0.1) is 0 Å². The Kier molecular flexibility index (Phi) is 5.63. The van der Waals surface area contributed by atoms with Gasteiger partial charge in [0.05, 0.1) is 24.3 Å². The summed E-state index contributed by atoms with van der Waals surface area (Å²) in [5.74, 6) is -3.62. The lowest BCUT2D eigenvalue weighted by Gasteiger charge is -2.39. The number of hydrogen-bond donors (Lipinski definition) is 7. The van der Waals surface area contributed by atoms with Crippen LogP contribution in [0.15, 0.2) is 24.3 Å². The molecular formula is C21H20O11. The first-order valence-electron chi connectivity index (χ1n) is 9.58. The molecule has 1 fully saturated rings. The van der Waals surface area contributed by atoms with Crippen LogP contribution in [0.3, 0.4) is 0 Å². The van der Waals surface area contributed by atoms with Gasteiger partial charge in [-0.1, -0.05) is 12.1 Å². The van der Waals surface area contributed by atoms with Crippen molar-refractivity contribution >= 4 is 11.6 Å². The van der Waals surface area contributed by atoms with Crippen molar-refractivity contribution < 1.29 is 54.8 Å². The first-order valence-corrected chi connectivity index (χ1v) is 9.58. The molecule has 5 atom stereocenters. The summed E-state index contributed by atoms with van der Waals surface area (Å²) >= 11 is 0. The first kappa shape index (κ1) is 22.1. The number of carbonyl (C=O) groups excluding carboxylic acids is 2. The van der Waals surface area contributed by atoms with E-state index in [1.54, 1.807) is 0 Å². The molecule has 0 radical (unpaired) electrons. The maximum atomic E-state index is 12.9. The number of aliphatic hydroxyl groups excluding tert-OH is 4. The van der Waals surface area contributed by atoms with E-state index in [9.17, 15) is 45.3 Å². The minimum atomic E-state index is -1.70. The molecule has 7 N–H and O–H groups in total. The Morgan fingerprint density at radius 3 is 2.28 bits per heavy atom. The standard InChI is InChI=1S/C21H20O11/c22-5-11-16(26)19(29)20(30)21(32-11)31-6-7-4-9-13(18(28)14(7)24)17(27)12-8(15(9)25)2-1-3-10(12)23/h1-4,11,16,19-24,26,28-30H,5-6H2/t11?,16-,19?,20?,21-/m0/s1. The zero-order valence-electron chi connectivity index (χ0n) is 16.4. The molecule has 11 nitrogen and oxygen atoms in total. The second kappa shape index (κ2) is 8.13. The van der Waals surface area contributed by atoms with Gasteiger partial charge in [-0.05, 0) is 12.1 Å². The van der Waals surface area contributed by atoms with Gasteiger partial charge in [0, 0.05) is 16.7 Å². The number of rotatable bonds is 4. The maximum Gasteiger partial charge on any atom is 0.202 e. The largest absolute Gasteiger partial charge is 0.507 e. The second-order valence-corrected chi connectivity index (χ2v) is 7.52. The molecule has 2 aromatic carbocycles. The number of hydrogen-bond acceptors (Lipinski definition) is 11. The van der Waals surface area contributed by atoms with Crippen LogP contribution in [0.4, 0.5) is 0 Å². The molecule has 0 amide bonds. The molecule has 11 heteroatoms. The highest BCUT2D eigenvalue weighted by Crippen LogP contribution is 2.42. The van der Waals surface area contributed by atoms with E-state index >= 15 is 0 Å². The number of ether oxygens (including phenoxy) is 2. The smallest absolute Gasteiger partial charge is 0.202 e. The van der Waals surface area contributed by atoms with Crippen LogP contribution < -0.4 is 0 Å². The first-order chi connectivity index (χ1) is 15.2. The quantitative estimate of drug-likeness (QED) is 0.239. The Morgan fingerprint density at radius 2 is 1.59 bits per heavy atom. The lowest BCUT2D eigenvalue weighted by atomic mass is 9.82. The summed E-state index contributed by atoms with van der Waals surface area (Å²) in [6, 6.07) is 5.07. The molecule has 4 rings (SSSR count). The van der Waals surface area contributed by atoms with E-state index in [1.807, 2.05) is 0 Å². The molecular weight excluding hydrogens is 428 g/mol. The Hall–Kier alpha value is -3.06. The van der Waals surface area contributed by atoms with Crippen LogP contribution in [-0.2, 0) is 16.1 Å². The number of ketones is 2. The van der Waals surface area contributed by atoms with Gasteiger partial charge in [-0.25, -0.2) is 0 Å². The van der Waals surface area contributed by atoms with Crippen molar-refractivity contribution in [1.29, 1.82) is 0 Å². The maximum absolute atomic E-state index is 12.9. The fraction of sp³-hybridized carbons (Fsp3) is 0.333. The summed E-state index contributed by atoms with van der Waals surface area (Å²) in [6.07, 6.45) is -7.69. The summed E-state index contributed by atoms with van der Waals surface area (Å²) in [4.78, 5) is 25.7. The van der Waals surface area contributed by atoms with E-state index in [0.717, 1.165) is 6.07 Å². The minimum Gasteiger partial charge on any atom is -0.507 e. The number of aromatic hydroxyl groups is 3. The summed E-state index contributed by atoms with van der Waals surface area (Å²) in [6.45, 7) is -1.21. The molecule has 2 aromatic rings. The van der Waals surface area contributed by atoms with Gasteiger partial charge in [0.2, 0.25) is 5.78 Å². The van der Waals surface area contributed by atoms with Gasteiger partial charge in [-0.15, -0.1) is 0 Å². The average Bonchev–Trinajstić information content (AvgIpc) is 2.77. The number of phenols is 3. The second-order valence-electron chi connectivity index (χ2n) is 7.52. The highest BCUT2D eigenvalue weighted by atomic mass is 16.7. The van der Waals surface area contributed by atoms with Crippen LogP contribution >= 0.6 is 0 Å². The van der Waals surface area contributed by atoms with Crippen molar-refractivity contribution in [1.82, 2.24) is 0 Å². The van der Waals surface area contributed by atoms with E-state index in [-0.39, 0.29) is 22.3 Å². The van der Waals surface area contributed by atoms with Crippen LogP contribution in [-0.4, -0.2) is 84.6 Å². The summed E-state index contributed by atoms with van der Waals surface area (Å²) in [7, 11) is 0. The molecule has 2 aliphatic rings. The number of carbonyl (C=O) groups is 2. The predicted molar refractivity (Wildman–Crippen MR) is 103 cm³/mol. The average molecular weight is 448 g/mol. The third-order valence-corrected chi connectivity index (χ3v) is 5.59. The van der Waals surface area contributed by atoms with Crippen molar-refractivity contribution in [3.8, 4) is 17.2 Å². The highest BCUT2D eigenvalue weighted by Gasteiger charge is 2.44. The third-order valence-electron chi connectivity index (χ3n) is 5.59. The molecule has 1 aliphatic heterocycles. The summed E-state index contributed by atoms with van der Waals surface area (Å²) < 4.78 is 10.6.